The first-order valence-electron chi connectivity index (χ1n) is 10.5. The van der Waals surface area contributed by atoms with Crippen LogP contribution in [0.5, 0.6) is 0 Å². The number of piperidine rings is 1. The molecule has 2 aliphatic heterocycles. The third-order valence-electron chi connectivity index (χ3n) is 6.43. The molecule has 0 aliphatic carbocycles. The van der Waals surface area contributed by atoms with E-state index in [2.05, 4.69) is 0 Å². The fourth-order valence-electron chi connectivity index (χ4n) is 4.66. The number of morpholine rings is 1. The molecular weight excluding hydrogens is 388 g/mol. The number of rotatable bonds is 3. The van der Waals surface area contributed by atoms with Crippen molar-refractivity contribution < 1.29 is 17.9 Å². The van der Waals surface area contributed by atoms with Gasteiger partial charge in [0.15, 0.2) is 0 Å². The maximum atomic E-state index is 13.4. The predicted molar refractivity (Wildman–Crippen MR) is 113 cm³/mol. The predicted octanol–water partition coefficient (Wildman–Crippen LogP) is 2.96. The average Bonchev–Trinajstić information content (AvgIpc) is 2.65. The van der Waals surface area contributed by atoms with Gasteiger partial charge in [0.2, 0.25) is 15.9 Å². The van der Waals surface area contributed by atoms with Crippen molar-refractivity contribution in [3.05, 3.63) is 28.3 Å². The zero-order valence-electron chi connectivity index (χ0n) is 18.5. The molecule has 7 heteroatoms. The maximum absolute atomic E-state index is 13.4. The number of ether oxygens (including phenoxy) is 1. The number of benzene rings is 1. The molecule has 0 saturated carbocycles. The number of carbonyl (C=O) groups is 1. The van der Waals surface area contributed by atoms with Crippen LogP contribution in [0.25, 0.3) is 0 Å². The van der Waals surface area contributed by atoms with Crippen molar-refractivity contribution >= 4 is 15.9 Å². The second-order valence-corrected chi connectivity index (χ2v) is 10.6. The molecule has 2 heterocycles. The van der Waals surface area contributed by atoms with Gasteiger partial charge in [-0.15, -0.1) is 0 Å². The summed E-state index contributed by atoms with van der Waals surface area (Å²) in [7, 11) is -3.57. The fraction of sp³-hybridized carbons (Fsp3) is 0.682. The minimum atomic E-state index is -3.57. The highest BCUT2D eigenvalue weighted by atomic mass is 32.2. The summed E-state index contributed by atoms with van der Waals surface area (Å²) in [5.74, 6) is 0.0307. The van der Waals surface area contributed by atoms with Gasteiger partial charge in [0.1, 0.15) is 0 Å². The van der Waals surface area contributed by atoms with Gasteiger partial charge in [-0.2, -0.15) is 4.31 Å². The zero-order valence-corrected chi connectivity index (χ0v) is 19.3. The minimum Gasteiger partial charge on any atom is -0.372 e. The van der Waals surface area contributed by atoms with Crippen LogP contribution in [0.2, 0.25) is 0 Å². The summed E-state index contributed by atoms with van der Waals surface area (Å²) in [4.78, 5) is 15.3. The van der Waals surface area contributed by atoms with Crippen LogP contribution in [-0.2, 0) is 19.6 Å². The molecule has 1 aromatic rings. The van der Waals surface area contributed by atoms with E-state index in [1.54, 1.807) is 4.31 Å². The molecule has 1 amide bonds. The molecule has 1 aromatic carbocycles. The van der Waals surface area contributed by atoms with Crippen LogP contribution < -0.4 is 0 Å². The second kappa shape index (κ2) is 8.36. The van der Waals surface area contributed by atoms with Gasteiger partial charge >= 0.3 is 0 Å². The van der Waals surface area contributed by atoms with E-state index >= 15 is 0 Å². The van der Waals surface area contributed by atoms with E-state index in [0.29, 0.717) is 43.9 Å². The van der Waals surface area contributed by atoms with Crippen molar-refractivity contribution in [2.24, 2.45) is 5.92 Å². The van der Waals surface area contributed by atoms with Crippen LogP contribution in [0, 0.1) is 33.6 Å². The van der Waals surface area contributed by atoms with Crippen LogP contribution in [0.15, 0.2) is 11.0 Å². The van der Waals surface area contributed by atoms with Crippen molar-refractivity contribution in [2.75, 3.05) is 26.2 Å². The first-order chi connectivity index (χ1) is 13.5. The van der Waals surface area contributed by atoms with Crippen molar-refractivity contribution in [1.82, 2.24) is 9.21 Å². The van der Waals surface area contributed by atoms with E-state index in [9.17, 15) is 13.2 Å². The zero-order chi connectivity index (χ0) is 21.5. The number of hydrogen-bond acceptors (Lipinski definition) is 4. The van der Waals surface area contributed by atoms with Gasteiger partial charge in [-0.25, -0.2) is 8.42 Å². The summed E-state index contributed by atoms with van der Waals surface area (Å²) in [6.07, 6.45) is 1.22. The first-order valence-corrected chi connectivity index (χ1v) is 12.0. The van der Waals surface area contributed by atoms with Crippen LogP contribution in [0.4, 0.5) is 0 Å². The summed E-state index contributed by atoms with van der Waals surface area (Å²) < 4.78 is 34.1. The first kappa shape index (κ1) is 22.2. The lowest BCUT2D eigenvalue weighted by atomic mass is 9.96. The Morgan fingerprint density at radius 2 is 1.45 bits per heavy atom. The SMILES string of the molecule is Cc1cc(C)c(C)c(S(=O)(=O)N2CCC(C(=O)N3C[C@H](C)O[C@@H](C)C3)CC2)c1C. The number of carbonyl (C=O) groups excluding carboxylic acids is 1. The smallest absolute Gasteiger partial charge is 0.243 e. The molecule has 3 rings (SSSR count). The van der Waals surface area contributed by atoms with Gasteiger partial charge in [0.25, 0.3) is 0 Å². The highest BCUT2D eigenvalue weighted by Gasteiger charge is 2.37. The molecule has 162 valence electrons. The van der Waals surface area contributed by atoms with Gasteiger partial charge in [0, 0.05) is 32.1 Å². The van der Waals surface area contributed by atoms with E-state index in [0.717, 1.165) is 22.3 Å². The molecule has 2 aliphatic rings. The molecule has 2 fully saturated rings. The average molecular weight is 423 g/mol. The van der Waals surface area contributed by atoms with Crippen molar-refractivity contribution in [2.45, 2.75) is 71.5 Å². The summed E-state index contributed by atoms with van der Waals surface area (Å²) in [5, 5.41) is 0. The minimum absolute atomic E-state index is 0.0404. The lowest BCUT2D eigenvalue weighted by Gasteiger charge is -2.39. The summed E-state index contributed by atoms with van der Waals surface area (Å²) >= 11 is 0. The van der Waals surface area contributed by atoms with Gasteiger partial charge in [-0.3, -0.25) is 4.79 Å². The summed E-state index contributed by atoms with van der Waals surface area (Å²) in [6, 6.07) is 2.04. The van der Waals surface area contributed by atoms with Crippen molar-refractivity contribution in [3.8, 4) is 0 Å². The Morgan fingerprint density at radius 1 is 0.966 bits per heavy atom. The molecule has 2 atom stereocenters. The Morgan fingerprint density at radius 3 is 1.93 bits per heavy atom. The molecule has 29 heavy (non-hydrogen) atoms. The molecular formula is C22H34N2O4S. The number of sulfonamides is 1. The molecule has 0 bridgehead atoms. The Balaban J connectivity index is 1.73. The van der Waals surface area contributed by atoms with Crippen LogP contribution in [0.1, 0.15) is 48.9 Å². The number of nitrogens with zero attached hydrogens (tertiary/aromatic N) is 2. The third kappa shape index (κ3) is 4.37. The van der Waals surface area contributed by atoms with Crippen molar-refractivity contribution in [1.29, 1.82) is 0 Å². The summed E-state index contributed by atoms with van der Waals surface area (Å²) in [5.41, 5.74) is 3.63. The number of amides is 1. The van der Waals surface area contributed by atoms with Gasteiger partial charge < -0.3 is 9.64 Å². The van der Waals surface area contributed by atoms with Gasteiger partial charge in [-0.05, 0) is 76.6 Å². The van der Waals surface area contributed by atoms with E-state index in [1.807, 2.05) is 52.5 Å². The largest absolute Gasteiger partial charge is 0.372 e. The molecule has 0 unspecified atom stereocenters. The maximum Gasteiger partial charge on any atom is 0.243 e. The number of hydrogen-bond donors (Lipinski definition) is 0. The van der Waals surface area contributed by atoms with E-state index in [1.165, 1.54) is 0 Å². The standard InChI is InChI=1S/C22H34N2O4S/c1-14-11-15(2)19(6)21(18(14)5)29(26,27)24-9-7-20(8-10-24)22(25)23-12-16(3)28-17(4)13-23/h11,16-17,20H,7-10,12-13H2,1-6H3/t16-,17-/m0/s1. The highest BCUT2D eigenvalue weighted by molar-refractivity contribution is 7.89. The fourth-order valence-corrected chi connectivity index (χ4v) is 6.70. The lowest BCUT2D eigenvalue weighted by Crippen LogP contribution is -2.51. The monoisotopic (exact) mass is 422 g/mol. The second-order valence-electron chi connectivity index (χ2n) is 8.77. The highest BCUT2D eigenvalue weighted by Crippen LogP contribution is 2.31. The Hall–Kier alpha value is -1.44. The van der Waals surface area contributed by atoms with Crippen LogP contribution in [-0.4, -0.2) is 61.9 Å². The topological polar surface area (TPSA) is 66.9 Å². The summed E-state index contributed by atoms with van der Waals surface area (Å²) in [6.45, 7) is 13.6. The molecule has 2 saturated heterocycles. The van der Waals surface area contributed by atoms with Gasteiger partial charge in [0.05, 0.1) is 17.1 Å². The Labute approximate surface area is 175 Å². The Bertz CT molecular complexity index is 852. The third-order valence-corrected chi connectivity index (χ3v) is 8.60. The Kier molecular flexibility index (Phi) is 6.41. The normalized spacial score (nSPS) is 24.7. The quantitative estimate of drug-likeness (QED) is 0.751. The lowest BCUT2D eigenvalue weighted by molar-refractivity contribution is -0.148. The molecule has 0 spiro atoms. The molecule has 0 radical (unpaired) electrons. The van der Waals surface area contributed by atoms with Gasteiger partial charge in [-0.1, -0.05) is 6.07 Å². The van der Waals surface area contributed by atoms with E-state index in [-0.39, 0.29) is 24.0 Å². The van der Waals surface area contributed by atoms with Crippen molar-refractivity contribution in [3.63, 3.8) is 0 Å². The van der Waals surface area contributed by atoms with E-state index < -0.39 is 10.0 Å². The number of aryl methyl sites for hydroxylation is 2. The molecule has 6 nitrogen and oxygen atoms in total. The van der Waals surface area contributed by atoms with Crippen LogP contribution >= 0.6 is 0 Å². The van der Waals surface area contributed by atoms with Crippen LogP contribution in [0.3, 0.4) is 0 Å². The molecule has 0 N–H and O–H groups in total. The molecule has 0 aromatic heterocycles. The van der Waals surface area contributed by atoms with E-state index in [4.69, 9.17) is 4.74 Å².